The summed E-state index contributed by atoms with van der Waals surface area (Å²) in [6, 6.07) is 12.3. The number of amides is 1. The van der Waals surface area contributed by atoms with Crippen LogP contribution >= 0.6 is 15.9 Å². The Morgan fingerprint density at radius 3 is 2.35 bits per heavy atom. The van der Waals surface area contributed by atoms with Crippen LogP contribution in [0.3, 0.4) is 0 Å². The van der Waals surface area contributed by atoms with Gasteiger partial charge in [-0.1, -0.05) is 6.07 Å². The van der Waals surface area contributed by atoms with Gasteiger partial charge in [0.1, 0.15) is 11.5 Å². The molecule has 2 aromatic rings. The third kappa shape index (κ3) is 3.37. The van der Waals surface area contributed by atoms with Gasteiger partial charge >= 0.3 is 0 Å². The minimum atomic E-state index is -0.459. The number of benzene rings is 2. The van der Waals surface area contributed by atoms with Gasteiger partial charge in [-0.2, -0.15) is 0 Å². The van der Waals surface area contributed by atoms with Crippen molar-refractivity contribution in [3.05, 3.63) is 58.1 Å². The molecule has 0 saturated carbocycles. The van der Waals surface area contributed by atoms with Crippen molar-refractivity contribution in [3.63, 3.8) is 0 Å². The summed E-state index contributed by atoms with van der Waals surface area (Å²) in [5.41, 5.74) is 12.5. The van der Waals surface area contributed by atoms with Crippen LogP contribution in [0.15, 0.2) is 46.9 Å². The molecule has 1 amide bonds. The molecule has 5 heteroatoms. The number of ether oxygens (including phenoxy) is 1. The summed E-state index contributed by atoms with van der Waals surface area (Å²) >= 11 is 3.46. The molecule has 0 unspecified atom stereocenters. The Morgan fingerprint density at radius 1 is 1.20 bits per heavy atom. The molecule has 0 saturated heterocycles. The predicted octanol–water partition coefficient (Wildman–Crippen LogP) is 3.36. The normalized spacial score (nSPS) is 11.9. The Kier molecular flexibility index (Phi) is 4.42. The van der Waals surface area contributed by atoms with E-state index in [0.29, 0.717) is 17.1 Å². The van der Waals surface area contributed by atoms with Crippen LogP contribution in [0.25, 0.3) is 0 Å². The molecule has 4 nitrogen and oxygen atoms in total. The third-order valence-electron chi connectivity index (χ3n) is 2.85. The minimum Gasteiger partial charge on any atom is -0.456 e. The minimum absolute atomic E-state index is 0.0322. The summed E-state index contributed by atoms with van der Waals surface area (Å²) in [6.45, 7) is 1.92. The lowest BCUT2D eigenvalue weighted by Gasteiger charge is -2.11. The number of hydrogen-bond acceptors (Lipinski definition) is 3. The molecule has 2 aromatic carbocycles. The molecule has 20 heavy (non-hydrogen) atoms. The molecule has 0 spiro atoms. The van der Waals surface area contributed by atoms with E-state index in [0.717, 1.165) is 10.0 Å². The van der Waals surface area contributed by atoms with Gasteiger partial charge in [0.2, 0.25) is 5.91 Å². The van der Waals surface area contributed by atoms with E-state index >= 15 is 0 Å². The van der Waals surface area contributed by atoms with Crippen LogP contribution in [-0.4, -0.2) is 5.91 Å². The quantitative estimate of drug-likeness (QED) is 0.899. The highest BCUT2D eigenvalue weighted by atomic mass is 79.9. The molecule has 0 aliphatic heterocycles. The van der Waals surface area contributed by atoms with Gasteiger partial charge in [0.25, 0.3) is 0 Å². The van der Waals surface area contributed by atoms with Crippen LogP contribution in [-0.2, 0) is 0 Å². The number of hydrogen-bond donors (Lipinski definition) is 2. The monoisotopic (exact) mass is 334 g/mol. The van der Waals surface area contributed by atoms with Gasteiger partial charge in [-0.05, 0) is 64.8 Å². The Bertz CT molecular complexity index is 624. The van der Waals surface area contributed by atoms with Crippen LogP contribution in [0.5, 0.6) is 11.5 Å². The van der Waals surface area contributed by atoms with Crippen molar-refractivity contribution in [2.24, 2.45) is 11.5 Å². The van der Waals surface area contributed by atoms with Crippen molar-refractivity contribution < 1.29 is 9.53 Å². The van der Waals surface area contributed by atoms with Gasteiger partial charge in [0.15, 0.2) is 0 Å². The van der Waals surface area contributed by atoms with Crippen LogP contribution in [0.4, 0.5) is 0 Å². The van der Waals surface area contributed by atoms with Crippen LogP contribution in [0, 0.1) is 0 Å². The van der Waals surface area contributed by atoms with Crippen molar-refractivity contribution in [1.29, 1.82) is 0 Å². The maximum Gasteiger partial charge on any atom is 0.248 e. The molecular formula is C15H15BrN2O2. The fourth-order valence-electron chi connectivity index (χ4n) is 1.70. The van der Waals surface area contributed by atoms with Gasteiger partial charge in [-0.15, -0.1) is 0 Å². The highest BCUT2D eigenvalue weighted by Crippen LogP contribution is 2.31. The van der Waals surface area contributed by atoms with E-state index in [9.17, 15) is 4.79 Å². The predicted molar refractivity (Wildman–Crippen MR) is 81.8 cm³/mol. The van der Waals surface area contributed by atoms with Gasteiger partial charge in [-0.3, -0.25) is 4.79 Å². The Labute approximate surface area is 125 Å². The molecular weight excluding hydrogens is 320 g/mol. The van der Waals surface area contributed by atoms with Crippen LogP contribution < -0.4 is 16.2 Å². The van der Waals surface area contributed by atoms with Gasteiger partial charge < -0.3 is 16.2 Å². The van der Waals surface area contributed by atoms with Crippen molar-refractivity contribution in [2.75, 3.05) is 0 Å². The number of nitrogens with two attached hydrogens (primary N) is 2. The molecule has 0 aromatic heterocycles. The molecule has 4 N–H and O–H groups in total. The average molecular weight is 335 g/mol. The van der Waals surface area contributed by atoms with Crippen molar-refractivity contribution in [2.45, 2.75) is 13.0 Å². The molecule has 0 bridgehead atoms. The Morgan fingerprint density at radius 2 is 1.85 bits per heavy atom. The number of carbonyl (C=O) groups excluding carboxylic acids is 1. The van der Waals surface area contributed by atoms with E-state index < -0.39 is 5.91 Å². The maximum absolute atomic E-state index is 11.0. The molecule has 0 aliphatic carbocycles. The lowest BCUT2D eigenvalue weighted by Crippen LogP contribution is -2.10. The standard InChI is InChI=1S/C15H15BrN2O2/c1-9(17)11-4-7-14(13(16)8-11)20-12-5-2-10(3-6-12)15(18)19/h2-9H,17H2,1H3,(H2,18,19)/t9-/m0/s1. The van der Waals surface area contributed by atoms with Crippen molar-refractivity contribution in [3.8, 4) is 11.5 Å². The lowest BCUT2D eigenvalue weighted by molar-refractivity contribution is 0.100. The zero-order chi connectivity index (χ0) is 14.7. The SMILES string of the molecule is C[C@H](N)c1ccc(Oc2ccc(C(N)=O)cc2)c(Br)c1. The van der Waals surface area contributed by atoms with Gasteiger partial charge in [-0.25, -0.2) is 0 Å². The summed E-state index contributed by atoms with van der Waals surface area (Å²) in [6.07, 6.45) is 0. The van der Waals surface area contributed by atoms with E-state index in [-0.39, 0.29) is 6.04 Å². The summed E-state index contributed by atoms with van der Waals surface area (Å²) in [5, 5.41) is 0. The largest absolute Gasteiger partial charge is 0.456 e. The summed E-state index contributed by atoms with van der Waals surface area (Å²) in [7, 11) is 0. The summed E-state index contributed by atoms with van der Waals surface area (Å²) in [4.78, 5) is 11.0. The first-order valence-corrected chi connectivity index (χ1v) is 6.89. The Balaban J connectivity index is 2.19. The first-order valence-electron chi connectivity index (χ1n) is 6.10. The highest BCUT2D eigenvalue weighted by molar-refractivity contribution is 9.10. The first-order chi connectivity index (χ1) is 9.47. The fourth-order valence-corrected chi connectivity index (χ4v) is 2.17. The van der Waals surface area contributed by atoms with E-state index in [2.05, 4.69) is 15.9 Å². The van der Waals surface area contributed by atoms with Crippen molar-refractivity contribution >= 4 is 21.8 Å². The van der Waals surface area contributed by atoms with Crippen molar-refractivity contribution in [1.82, 2.24) is 0 Å². The molecule has 0 radical (unpaired) electrons. The molecule has 1 atom stereocenters. The second kappa shape index (κ2) is 6.07. The molecule has 2 rings (SSSR count). The van der Waals surface area contributed by atoms with Crippen LogP contribution in [0.2, 0.25) is 0 Å². The molecule has 0 heterocycles. The number of carbonyl (C=O) groups is 1. The topological polar surface area (TPSA) is 78.3 Å². The molecule has 104 valence electrons. The number of rotatable bonds is 4. The zero-order valence-electron chi connectivity index (χ0n) is 11.0. The first kappa shape index (κ1) is 14.6. The van der Waals surface area contributed by atoms with E-state index in [1.54, 1.807) is 24.3 Å². The zero-order valence-corrected chi connectivity index (χ0v) is 12.6. The average Bonchev–Trinajstić information content (AvgIpc) is 2.41. The lowest BCUT2D eigenvalue weighted by atomic mass is 10.1. The summed E-state index contributed by atoms with van der Waals surface area (Å²) in [5.74, 6) is 0.851. The van der Waals surface area contributed by atoms with E-state index in [4.69, 9.17) is 16.2 Å². The number of halogens is 1. The van der Waals surface area contributed by atoms with Gasteiger partial charge in [0.05, 0.1) is 4.47 Å². The summed E-state index contributed by atoms with van der Waals surface area (Å²) < 4.78 is 6.56. The second-order valence-corrected chi connectivity index (χ2v) is 5.32. The van der Waals surface area contributed by atoms with Gasteiger partial charge in [0, 0.05) is 11.6 Å². The molecule has 0 fully saturated rings. The fraction of sp³-hybridized carbons (Fsp3) is 0.133. The second-order valence-electron chi connectivity index (χ2n) is 4.47. The third-order valence-corrected chi connectivity index (χ3v) is 3.47. The van der Waals surface area contributed by atoms with E-state index in [1.165, 1.54) is 0 Å². The molecule has 0 aliphatic rings. The van der Waals surface area contributed by atoms with Crippen LogP contribution in [0.1, 0.15) is 28.9 Å². The van der Waals surface area contributed by atoms with E-state index in [1.807, 2.05) is 25.1 Å². The number of primary amides is 1. The smallest absolute Gasteiger partial charge is 0.248 e. The Hall–Kier alpha value is -1.85. The highest BCUT2D eigenvalue weighted by Gasteiger charge is 2.07. The maximum atomic E-state index is 11.0.